The van der Waals surface area contributed by atoms with Crippen molar-refractivity contribution >= 4 is 46.3 Å². The van der Waals surface area contributed by atoms with Gasteiger partial charge in [-0.05, 0) is 48.9 Å². The Morgan fingerprint density at radius 1 is 1.12 bits per heavy atom. The highest BCUT2D eigenvalue weighted by molar-refractivity contribution is 7.12. The van der Waals surface area contributed by atoms with Gasteiger partial charge in [-0.15, -0.1) is 11.3 Å². The van der Waals surface area contributed by atoms with Crippen molar-refractivity contribution < 1.29 is 4.79 Å². The number of nitrogens with zero attached hydrogens (tertiary/aromatic N) is 4. The molecule has 1 aliphatic carbocycles. The van der Waals surface area contributed by atoms with E-state index in [1.807, 2.05) is 34.5 Å². The Morgan fingerprint density at radius 2 is 1.91 bits per heavy atom. The first-order valence-corrected chi connectivity index (χ1v) is 12.5. The second kappa shape index (κ2) is 9.00. The summed E-state index contributed by atoms with van der Waals surface area (Å²) in [6.45, 7) is 4.92. The molecule has 2 aromatic heterocycles. The van der Waals surface area contributed by atoms with Crippen molar-refractivity contribution in [2.24, 2.45) is 0 Å². The van der Waals surface area contributed by atoms with Crippen LogP contribution in [0.15, 0.2) is 35.7 Å². The van der Waals surface area contributed by atoms with Gasteiger partial charge in [-0.25, -0.2) is 9.97 Å². The number of halogens is 2. The van der Waals surface area contributed by atoms with Gasteiger partial charge < -0.3 is 9.80 Å². The molecule has 0 unspecified atom stereocenters. The maximum Gasteiger partial charge on any atom is 0.264 e. The van der Waals surface area contributed by atoms with Crippen LogP contribution in [0.4, 0.5) is 5.82 Å². The average Bonchev–Trinajstić information content (AvgIpc) is 3.50. The standard InChI is InChI=1S/C24H24Cl2N4OS/c1-15-19(13-17-6-7-18(25)14-20(17)26)23(28-22(27-15)16-4-5-16)29-8-10-30(11-9-29)24(31)21-3-2-12-32-21/h2-3,6-7,12,14,16H,4-5,8-11,13H2,1H3. The summed E-state index contributed by atoms with van der Waals surface area (Å²) in [7, 11) is 0. The molecule has 8 heteroatoms. The third kappa shape index (κ3) is 4.49. The van der Waals surface area contributed by atoms with Crippen LogP contribution in [-0.4, -0.2) is 47.0 Å². The largest absolute Gasteiger partial charge is 0.353 e. The van der Waals surface area contributed by atoms with Crippen molar-refractivity contribution in [3.8, 4) is 0 Å². The smallest absolute Gasteiger partial charge is 0.264 e. The van der Waals surface area contributed by atoms with E-state index in [2.05, 4.69) is 11.8 Å². The fourth-order valence-corrected chi connectivity index (χ4v) is 5.29. The number of anilines is 1. The molecule has 1 aliphatic heterocycles. The number of rotatable bonds is 5. The van der Waals surface area contributed by atoms with Crippen molar-refractivity contribution in [2.45, 2.75) is 32.1 Å². The number of carbonyl (C=O) groups is 1. The number of carbonyl (C=O) groups excluding carboxylic acids is 1. The maximum absolute atomic E-state index is 12.7. The number of piperazine rings is 1. The van der Waals surface area contributed by atoms with Crippen LogP contribution < -0.4 is 4.90 Å². The van der Waals surface area contributed by atoms with Gasteiger partial charge in [-0.3, -0.25) is 4.79 Å². The highest BCUT2D eigenvalue weighted by Gasteiger charge is 2.31. The lowest BCUT2D eigenvalue weighted by Gasteiger charge is -2.36. The molecule has 1 amide bonds. The third-order valence-corrected chi connectivity index (χ3v) is 7.58. The Balaban J connectivity index is 1.41. The Hall–Kier alpha value is -2.15. The van der Waals surface area contributed by atoms with Crippen LogP contribution in [0.3, 0.4) is 0 Å². The Morgan fingerprint density at radius 3 is 2.56 bits per heavy atom. The highest BCUT2D eigenvalue weighted by atomic mass is 35.5. The van der Waals surface area contributed by atoms with Gasteiger partial charge in [0.1, 0.15) is 11.6 Å². The molecule has 1 aromatic carbocycles. The van der Waals surface area contributed by atoms with E-state index in [1.165, 1.54) is 11.3 Å². The minimum absolute atomic E-state index is 0.116. The minimum atomic E-state index is 0.116. The predicted octanol–water partition coefficient (Wildman–Crippen LogP) is 5.58. The van der Waals surface area contributed by atoms with E-state index in [9.17, 15) is 4.79 Å². The molecule has 0 radical (unpaired) electrons. The summed E-state index contributed by atoms with van der Waals surface area (Å²) in [4.78, 5) is 27.7. The van der Waals surface area contributed by atoms with Crippen LogP contribution >= 0.6 is 34.5 Å². The van der Waals surface area contributed by atoms with Gasteiger partial charge >= 0.3 is 0 Å². The normalized spacial score (nSPS) is 16.5. The van der Waals surface area contributed by atoms with Crippen LogP contribution in [0, 0.1) is 6.92 Å². The minimum Gasteiger partial charge on any atom is -0.353 e. The van der Waals surface area contributed by atoms with Crippen molar-refractivity contribution in [3.63, 3.8) is 0 Å². The number of hydrogen-bond acceptors (Lipinski definition) is 5. The van der Waals surface area contributed by atoms with E-state index in [0.29, 0.717) is 35.5 Å². The van der Waals surface area contributed by atoms with Crippen molar-refractivity contribution in [2.75, 3.05) is 31.1 Å². The monoisotopic (exact) mass is 486 g/mol. The van der Waals surface area contributed by atoms with Crippen molar-refractivity contribution in [3.05, 3.63) is 73.3 Å². The highest BCUT2D eigenvalue weighted by Crippen LogP contribution is 2.40. The molecule has 5 nitrogen and oxygen atoms in total. The fourth-order valence-electron chi connectivity index (χ4n) is 4.13. The molecular weight excluding hydrogens is 463 g/mol. The zero-order valence-corrected chi connectivity index (χ0v) is 20.2. The van der Waals surface area contributed by atoms with Gasteiger partial charge in [0.15, 0.2) is 0 Å². The van der Waals surface area contributed by atoms with Crippen LogP contribution in [0.25, 0.3) is 0 Å². The fraction of sp³-hybridized carbons (Fsp3) is 0.375. The molecule has 0 N–H and O–H groups in total. The second-order valence-electron chi connectivity index (χ2n) is 8.41. The number of aryl methyl sites for hydroxylation is 1. The molecule has 0 atom stereocenters. The number of thiophene rings is 1. The lowest BCUT2D eigenvalue weighted by Crippen LogP contribution is -2.49. The molecule has 0 spiro atoms. The molecule has 2 aliphatic rings. The molecule has 2 fully saturated rings. The van der Waals surface area contributed by atoms with Crippen LogP contribution in [-0.2, 0) is 6.42 Å². The Labute approximate surface area is 202 Å². The molecule has 0 bridgehead atoms. The van der Waals surface area contributed by atoms with Gasteiger partial charge in [0, 0.05) is 59.8 Å². The van der Waals surface area contributed by atoms with Gasteiger partial charge in [0.05, 0.1) is 4.88 Å². The first-order chi connectivity index (χ1) is 15.5. The van der Waals surface area contributed by atoms with E-state index in [-0.39, 0.29) is 5.91 Å². The van der Waals surface area contributed by atoms with E-state index in [0.717, 1.165) is 59.3 Å². The summed E-state index contributed by atoms with van der Waals surface area (Å²) >= 11 is 14.1. The quantitative estimate of drug-likeness (QED) is 0.471. The maximum atomic E-state index is 12.7. The van der Waals surface area contributed by atoms with Crippen molar-refractivity contribution in [1.29, 1.82) is 0 Å². The van der Waals surface area contributed by atoms with Gasteiger partial charge in [0.25, 0.3) is 5.91 Å². The third-order valence-electron chi connectivity index (χ3n) is 6.13. The van der Waals surface area contributed by atoms with E-state index in [4.69, 9.17) is 33.2 Å². The van der Waals surface area contributed by atoms with Crippen LogP contribution in [0.2, 0.25) is 10.0 Å². The first-order valence-electron chi connectivity index (χ1n) is 10.9. The first kappa shape index (κ1) is 21.7. The van der Waals surface area contributed by atoms with E-state index < -0.39 is 0 Å². The van der Waals surface area contributed by atoms with Gasteiger partial charge in [0.2, 0.25) is 0 Å². The van der Waals surface area contributed by atoms with Gasteiger partial charge in [-0.1, -0.05) is 35.3 Å². The summed E-state index contributed by atoms with van der Waals surface area (Å²) in [5.74, 6) is 2.52. The summed E-state index contributed by atoms with van der Waals surface area (Å²) in [5, 5.41) is 3.23. The Bertz CT molecular complexity index is 1140. The molecule has 3 heterocycles. The lowest BCUT2D eigenvalue weighted by molar-refractivity contribution is 0.0751. The molecule has 1 saturated heterocycles. The predicted molar refractivity (Wildman–Crippen MR) is 130 cm³/mol. The average molecular weight is 487 g/mol. The summed E-state index contributed by atoms with van der Waals surface area (Å²) in [6, 6.07) is 9.43. The van der Waals surface area contributed by atoms with E-state index in [1.54, 1.807) is 6.07 Å². The molecule has 3 aromatic rings. The zero-order chi connectivity index (χ0) is 22.2. The topological polar surface area (TPSA) is 49.3 Å². The zero-order valence-electron chi connectivity index (χ0n) is 17.9. The number of hydrogen-bond donors (Lipinski definition) is 0. The molecule has 5 rings (SSSR count). The molecule has 32 heavy (non-hydrogen) atoms. The molecular formula is C24H24Cl2N4OS. The van der Waals surface area contributed by atoms with E-state index >= 15 is 0 Å². The summed E-state index contributed by atoms with van der Waals surface area (Å²) in [6.07, 6.45) is 2.96. The van der Waals surface area contributed by atoms with Gasteiger partial charge in [-0.2, -0.15) is 0 Å². The Kier molecular flexibility index (Phi) is 6.10. The number of amides is 1. The lowest BCUT2D eigenvalue weighted by atomic mass is 10.0. The van der Waals surface area contributed by atoms with Crippen LogP contribution in [0.1, 0.15) is 51.1 Å². The molecule has 166 valence electrons. The SMILES string of the molecule is Cc1nc(C2CC2)nc(N2CCN(C(=O)c3cccs3)CC2)c1Cc1ccc(Cl)cc1Cl. The van der Waals surface area contributed by atoms with Crippen molar-refractivity contribution in [1.82, 2.24) is 14.9 Å². The number of aromatic nitrogens is 2. The van der Waals surface area contributed by atoms with Crippen LogP contribution in [0.5, 0.6) is 0 Å². The second-order valence-corrected chi connectivity index (χ2v) is 10.2. The molecule has 1 saturated carbocycles. The summed E-state index contributed by atoms with van der Waals surface area (Å²) < 4.78 is 0. The number of benzene rings is 1. The summed E-state index contributed by atoms with van der Waals surface area (Å²) in [5.41, 5.74) is 3.10.